The van der Waals surface area contributed by atoms with Gasteiger partial charge in [-0.25, -0.2) is 0 Å². The number of amides is 2. The molecule has 0 aliphatic rings. The van der Waals surface area contributed by atoms with Gasteiger partial charge in [-0.3, -0.25) is 14.3 Å². The smallest absolute Gasteiger partial charge is 0.273 e. The van der Waals surface area contributed by atoms with Crippen LogP contribution in [0.15, 0.2) is 31.5 Å². The highest BCUT2D eigenvalue weighted by Crippen LogP contribution is 2.14. The lowest BCUT2D eigenvalue weighted by molar-refractivity contribution is -0.131. The Hall–Kier alpha value is -2.08. The fraction of sp³-hybridized carbons (Fsp3) is 0.400. The van der Waals surface area contributed by atoms with Crippen molar-refractivity contribution in [2.24, 2.45) is 0 Å². The summed E-state index contributed by atoms with van der Waals surface area (Å²) in [6, 6.07) is -0.699. The summed E-state index contributed by atoms with van der Waals surface area (Å²) in [5, 5.41) is 6.94. The zero-order valence-corrected chi connectivity index (χ0v) is 13.6. The van der Waals surface area contributed by atoms with Crippen LogP contribution >= 0.6 is 11.6 Å². The Morgan fingerprint density at radius 2 is 2.05 bits per heavy atom. The Bertz CT molecular complexity index is 558. The van der Waals surface area contributed by atoms with Crippen LogP contribution in [-0.4, -0.2) is 45.6 Å². The van der Waals surface area contributed by atoms with Crippen molar-refractivity contribution in [3.8, 4) is 0 Å². The summed E-state index contributed by atoms with van der Waals surface area (Å²) in [5.74, 6) is -0.700. The molecule has 0 aliphatic carbocycles. The van der Waals surface area contributed by atoms with Gasteiger partial charge in [-0.2, -0.15) is 5.10 Å². The van der Waals surface area contributed by atoms with E-state index in [1.54, 1.807) is 30.0 Å². The summed E-state index contributed by atoms with van der Waals surface area (Å²) in [6.07, 6.45) is 4.82. The molecule has 0 spiro atoms. The molecule has 1 heterocycles. The molecule has 7 heteroatoms. The molecule has 120 valence electrons. The number of aryl methyl sites for hydroxylation is 1. The minimum Gasteiger partial charge on any atom is -0.339 e. The zero-order chi connectivity index (χ0) is 16.7. The molecule has 0 fully saturated rings. The SMILES string of the molecule is C=CCN(CC=C)C(=O)C(C)NC(=O)c1nn(CC)cc1Cl. The molecule has 1 atom stereocenters. The van der Waals surface area contributed by atoms with Crippen molar-refractivity contribution in [2.75, 3.05) is 13.1 Å². The molecule has 1 aromatic heterocycles. The molecule has 22 heavy (non-hydrogen) atoms. The number of nitrogens with zero attached hydrogens (tertiary/aromatic N) is 3. The highest BCUT2D eigenvalue weighted by Gasteiger charge is 2.23. The highest BCUT2D eigenvalue weighted by molar-refractivity contribution is 6.33. The molecule has 1 unspecified atom stereocenters. The van der Waals surface area contributed by atoms with Crippen LogP contribution in [0.5, 0.6) is 0 Å². The molecule has 0 aliphatic heterocycles. The van der Waals surface area contributed by atoms with Crippen LogP contribution in [0, 0.1) is 0 Å². The van der Waals surface area contributed by atoms with E-state index in [4.69, 9.17) is 11.6 Å². The van der Waals surface area contributed by atoms with E-state index in [0.29, 0.717) is 19.6 Å². The summed E-state index contributed by atoms with van der Waals surface area (Å²) in [6.45, 7) is 12.1. The molecule has 0 saturated heterocycles. The summed E-state index contributed by atoms with van der Waals surface area (Å²) in [4.78, 5) is 26.0. The van der Waals surface area contributed by atoms with Crippen molar-refractivity contribution in [3.05, 3.63) is 42.2 Å². The van der Waals surface area contributed by atoms with Crippen molar-refractivity contribution >= 4 is 23.4 Å². The lowest BCUT2D eigenvalue weighted by Gasteiger charge is -2.23. The average molecular weight is 325 g/mol. The van der Waals surface area contributed by atoms with E-state index in [0.717, 1.165) is 0 Å². The van der Waals surface area contributed by atoms with Crippen LogP contribution in [0.4, 0.5) is 0 Å². The third-order valence-corrected chi connectivity index (χ3v) is 3.26. The number of carbonyl (C=O) groups excluding carboxylic acids is 2. The van der Waals surface area contributed by atoms with Gasteiger partial charge in [0.1, 0.15) is 6.04 Å². The van der Waals surface area contributed by atoms with Gasteiger partial charge in [0.2, 0.25) is 5.91 Å². The second-order valence-corrected chi connectivity index (χ2v) is 5.10. The molecule has 0 aromatic carbocycles. The van der Waals surface area contributed by atoms with E-state index in [-0.39, 0.29) is 16.6 Å². The van der Waals surface area contributed by atoms with E-state index < -0.39 is 11.9 Å². The first-order chi connectivity index (χ1) is 10.4. The predicted molar refractivity (Wildman–Crippen MR) is 86.8 cm³/mol. The lowest BCUT2D eigenvalue weighted by Crippen LogP contribution is -2.47. The molecule has 1 rings (SSSR count). The number of hydrogen-bond donors (Lipinski definition) is 1. The number of hydrogen-bond acceptors (Lipinski definition) is 3. The van der Waals surface area contributed by atoms with E-state index in [2.05, 4.69) is 23.6 Å². The highest BCUT2D eigenvalue weighted by atomic mass is 35.5. The molecular formula is C15H21ClN4O2. The fourth-order valence-corrected chi connectivity index (χ4v) is 2.12. The van der Waals surface area contributed by atoms with Gasteiger partial charge in [0, 0.05) is 25.8 Å². The molecule has 1 aromatic rings. The topological polar surface area (TPSA) is 67.2 Å². The predicted octanol–water partition coefficient (Wildman–Crippen LogP) is 1.88. The van der Waals surface area contributed by atoms with Gasteiger partial charge in [0.05, 0.1) is 5.02 Å². The van der Waals surface area contributed by atoms with Crippen molar-refractivity contribution < 1.29 is 9.59 Å². The Morgan fingerprint density at radius 1 is 1.45 bits per heavy atom. The summed E-state index contributed by atoms with van der Waals surface area (Å²) < 4.78 is 1.56. The van der Waals surface area contributed by atoms with E-state index in [1.807, 2.05) is 6.92 Å². The van der Waals surface area contributed by atoms with Crippen LogP contribution in [0.25, 0.3) is 0 Å². The van der Waals surface area contributed by atoms with Crippen molar-refractivity contribution in [1.82, 2.24) is 20.0 Å². The third-order valence-electron chi connectivity index (χ3n) is 2.98. The Morgan fingerprint density at radius 3 is 2.50 bits per heavy atom. The monoisotopic (exact) mass is 324 g/mol. The van der Waals surface area contributed by atoms with Crippen molar-refractivity contribution in [3.63, 3.8) is 0 Å². The summed E-state index contributed by atoms with van der Waals surface area (Å²) in [5.41, 5.74) is 0.113. The molecule has 0 radical (unpaired) electrons. The maximum atomic E-state index is 12.3. The summed E-state index contributed by atoms with van der Waals surface area (Å²) >= 11 is 5.98. The third kappa shape index (κ3) is 4.46. The first kappa shape index (κ1) is 18.0. The minimum atomic E-state index is -0.699. The van der Waals surface area contributed by atoms with E-state index >= 15 is 0 Å². The number of carbonyl (C=O) groups is 2. The van der Waals surface area contributed by atoms with Gasteiger partial charge in [0.15, 0.2) is 5.69 Å². The van der Waals surface area contributed by atoms with Crippen LogP contribution in [0.2, 0.25) is 5.02 Å². The van der Waals surface area contributed by atoms with Gasteiger partial charge in [-0.05, 0) is 13.8 Å². The zero-order valence-electron chi connectivity index (χ0n) is 12.9. The quantitative estimate of drug-likeness (QED) is 0.742. The molecule has 0 bridgehead atoms. The molecular weight excluding hydrogens is 304 g/mol. The molecule has 2 amide bonds. The van der Waals surface area contributed by atoms with Gasteiger partial charge >= 0.3 is 0 Å². The minimum absolute atomic E-state index is 0.113. The normalized spacial score (nSPS) is 11.6. The van der Waals surface area contributed by atoms with Crippen LogP contribution in [-0.2, 0) is 11.3 Å². The lowest BCUT2D eigenvalue weighted by atomic mass is 10.2. The number of halogens is 1. The molecule has 1 N–H and O–H groups in total. The van der Waals surface area contributed by atoms with E-state index in [1.165, 1.54) is 4.90 Å². The average Bonchev–Trinajstić information content (AvgIpc) is 2.87. The maximum absolute atomic E-state index is 12.3. The number of aromatic nitrogens is 2. The second-order valence-electron chi connectivity index (χ2n) is 4.70. The molecule has 0 saturated carbocycles. The second kappa shape index (κ2) is 8.38. The Balaban J connectivity index is 2.77. The van der Waals surface area contributed by atoms with Gasteiger partial charge in [-0.1, -0.05) is 23.8 Å². The van der Waals surface area contributed by atoms with Crippen molar-refractivity contribution in [1.29, 1.82) is 0 Å². The summed E-state index contributed by atoms with van der Waals surface area (Å²) in [7, 11) is 0. The van der Waals surface area contributed by atoms with Crippen molar-refractivity contribution in [2.45, 2.75) is 26.4 Å². The van der Waals surface area contributed by atoms with Gasteiger partial charge < -0.3 is 10.2 Å². The first-order valence-electron chi connectivity index (χ1n) is 6.98. The Labute approximate surface area is 135 Å². The van der Waals surface area contributed by atoms with E-state index in [9.17, 15) is 9.59 Å². The standard InChI is InChI=1S/C15H21ClN4O2/c1-5-8-19(9-6-2)15(22)11(4)17-14(21)13-12(16)10-20(7-3)18-13/h5-6,10-11H,1-2,7-9H2,3-4H3,(H,17,21). The first-order valence-corrected chi connectivity index (χ1v) is 7.36. The van der Waals surface area contributed by atoms with Crippen LogP contribution < -0.4 is 5.32 Å². The Kier molecular flexibility index (Phi) is 6.85. The maximum Gasteiger partial charge on any atom is 0.273 e. The largest absolute Gasteiger partial charge is 0.339 e. The van der Waals surface area contributed by atoms with Gasteiger partial charge in [0.25, 0.3) is 5.91 Å². The molecule has 6 nitrogen and oxygen atoms in total. The van der Waals surface area contributed by atoms with Crippen LogP contribution in [0.3, 0.4) is 0 Å². The van der Waals surface area contributed by atoms with Gasteiger partial charge in [-0.15, -0.1) is 13.2 Å². The fourth-order valence-electron chi connectivity index (χ4n) is 1.88. The number of rotatable bonds is 8. The number of nitrogens with one attached hydrogen (secondary N) is 1. The van der Waals surface area contributed by atoms with Crippen LogP contribution in [0.1, 0.15) is 24.3 Å².